The second-order valence-electron chi connectivity index (χ2n) is 13.4. The summed E-state index contributed by atoms with van der Waals surface area (Å²) >= 11 is 1.87. The first-order valence-corrected chi connectivity index (χ1v) is 17.4. The fraction of sp³-hybridized carbons (Fsp3) is 0.0667. The van der Waals surface area contributed by atoms with Crippen LogP contribution in [0, 0.1) is 0 Å². The zero-order valence-corrected chi connectivity index (χ0v) is 27.6. The minimum Gasteiger partial charge on any atom is -0.310 e. The number of fused-ring (bicyclic) bond motifs is 9. The summed E-state index contributed by atoms with van der Waals surface area (Å²) in [7, 11) is 0. The van der Waals surface area contributed by atoms with Crippen molar-refractivity contribution in [2.45, 2.75) is 19.3 Å². The molecule has 0 spiro atoms. The highest BCUT2D eigenvalue weighted by atomic mass is 32.1. The van der Waals surface area contributed by atoms with Gasteiger partial charge in [0.25, 0.3) is 0 Å². The summed E-state index contributed by atoms with van der Waals surface area (Å²) < 4.78 is 5.01. The summed E-state index contributed by atoms with van der Waals surface area (Å²) in [5, 5.41) is 5.18. The summed E-state index contributed by atoms with van der Waals surface area (Å²) in [6.07, 6.45) is 0. The van der Waals surface area contributed by atoms with Crippen LogP contribution in [0.1, 0.15) is 25.0 Å². The van der Waals surface area contributed by atoms with Gasteiger partial charge in [-0.05, 0) is 77.4 Å². The summed E-state index contributed by atoms with van der Waals surface area (Å²) in [6, 6.07) is 58.1. The molecule has 2 aromatic heterocycles. The van der Waals surface area contributed by atoms with Gasteiger partial charge in [-0.1, -0.05) is 111 Å². The maximum absolute atomic E-state index is 2.47. The Morgan fingerprint density at radius 2 is 1.10 bits per heavy atom. The molecule has 1 aliphatic rings. The quantitative estimate of drug-likeness (QED) is 0.187. The van der Waals surface area contributed by atoms with Crippen molar-refractivity contribution < 1.29 is 0 Å². The molecule has 7 aromatic carbocycles. The van der Waals surface area contributed by atoms with Gasteiger partial charge >= 0.3 is 0 Å². The minimum absolute atomic E-state index is 0.0799. The predicted octanol–water partition coefficient (Wildman–Crippen LogP) is 12.9. The molecular formula is C45H32N2S. The van der Waals surface area contributed by atoms with Crippen molar-refractivity contribution in [1.82, 2.24) is 4.57 Å². The number of benzene rings is 7. The Balaban J connectivity index is 1.20. The summed E-state index contributed by atoms with van der Waals surface area (Å²) in [5.41, 5.74) is 12.4. The van der Waals surface area contributed by atoms with Crippen LogP contribution in [0.5, 0.6) is 0 Å². The number of nitrogens with zero attached hydrogens (tertiary/aromatic N) is 2. The van der Waals surface area contributed by atoms with E-state index in [4.69, 9.17) is 0 Å². The molecule has 0 radical (unpaired) electrons. The summed E-state index contributed by atoms with van der Waals surface area (Å²) in [4.78, 5) is 2.47. The summed E-state index contributed by atoms with van der Waals surface area (Å²) in [5.74, 6) is 0. The molecule has 0 bridgehead atoms. The highest BCUT2D eigenvalue weighted by molar-refractivity contribution is 7.25. The van der Waals surface area contributed by atoms with E-state index in [0.717, 1.165) is 17.1 Å². The largest absolute Gasteiger partial charge is 0.310 e. The molecule has 228 valence electrons. The Morgan fingerprint density at radius 1 is 0.500 bits per heavy atom. The lowest BCUT2D eigenvalue weighted by atomic mass is 9.82. The fourth-order valence-electron chi connectivity index (χ4n) is 8.15. The van der Waals surface area contributed by atoms with E-state index in [2.05, 4.69) is 181 Å². The number of rotatable bonds is 4. The molecule has 2 nitrogen and oxygen atoms in total. The third-order valence-corrected chi connectivity index (χ3v) is 11.5. The second-order valence-corrected chi connectivity index (χ2v) is 14.5. The molecule has 48 heavy (non-hydrogen) atoms. The van der Waals surface area contributed by atoms with Crippen LogP contribution >= 0.6 is 11.3 Å². The Morgan fingerprint density at radius 3 is 1.88 bits per heavy atom. The van der Waals surface area contributed by atoms with E-state index in [0.29, 0.717) is 0 Å². The number of hydrogen-bond acceptors (Lipinski definition) is 2. The molecule has 0 atom stereocenters. The van der Waals surface area contributed by atoms with E-state index < -0.39 is 0 Å². The van der Waals surface area contributed by atoms with E-state index in [1.807, 2.05) is 11.3 Å². The molecule has 10 rings (SSSR count). The maximum Gasteiger partial charge on any atom is 0.0543 e. The van der Waals surface area contributed by atoms with Crippen molar-refractivity contribution in [3.63, 3.8) is 0 Å². The van der Waals surface area contributed by atoms with Crippen molar-refractivity contribution in [1.29, 1.82) is 0 Å². The van der Waals surface area contributed by atoms with Crippen molar-refractivity contribution in [2.24, 2.45) is 0 Å². The van der Waals surface area contributed by atoms with Gasteiger partial charge in [0.05, 0.1) is 16.7 Å². The third kappa shape index (κ3) is 3.85. The number of hydrogen-bond donors (Lipinski definition) is 0. The average Bonchev–Trinajstić information content (AvgIpc) is 3.75. The van der Waals surface area contributed by atoms with E-state index in [9.17, 15) is 0 Å². The number of anilines is 3. The smallest absolute Gasteiger partial charge is 0.0543 e. The van der Waals surface area contributed by atoms with Gasteiger partial charge in [0.15, 0.2) is 0 Å². The normalized spacial score (nSPS) is 13.4. The molecule has 0 aliphatic heterocycles. The Labute approximate surface area is 283 Å². The lowest BCUT2D eigenvalue weighted by molar-refractivity contribution is 0.660. The molecular weight excluding hydrogens is 601 g/mol. The highest BCUT2D eigenvalue weighted by Crippen LogP contribution is 2.54. The van der Waals surface area contributed by atoms with Crippen LogP contribution in [-0.2, 0) is 5.41 Å². The van der Waals surface area contributed by atoms with Crippen LogP contribution in [0.15, 0.2) is 158 Å². The topological polar surface area (TPSA) is 8.17 Å². The van der Waals surface area contributed by atoms with E-state index in [1.165, 1.54) is 69.9 Å². The van der Waals surface area contributed by atoms with Crippen LogP contribution in [0.2, 0.25) is 0 Å². The van der Waals surface area contributed by atoms with E-state index in [-0.39, 0.29) is 5.41 Å². The first-order valence-electron chi connectivity index (χ1n) is 16.6. The Bertz CT molecular complexity index is 2650. The number of para-hydroxylation sites is 2. The van der Waals surface area contributed by atoms with Crippen LogP contribution in [-0.4, -0.2) is 4.57 Å². The van der Waals surface area contributed by atoms with Crippen LogP contribution in [0.3, 0.4) is 0 Å². The van der Waals surface area contributed by atoms with Gasteiger partial charge in [-0.15, -0.1) is 11.3 Å². The van der Waals surface area contributed by atoms with Crippen LogP contribution < -0.4 is 4.90 Å². The lowest BCUT2D eigenvalue weighted by Gasteiger charge is -2.29. The molecule has 0 N–H and O–H groups in total. The zero-order chi connectivity index (χ0) is 32.0. The molecule has 0 fully saturated rings. The molecule has 0 saturated carbocycles. The van der Waals surface area contributed by atoms with Gasteiger partial charge < -0.3 is 9.47 Å². The minimum atomic E-state index is -0.0799. The Kier molecular flexibility index (Phi) is 5.82. The van der Waals surface area contributed by atoms with Gasteiger partial charge in [0.1, 0.15) is 0 Å². The van der Waals surface area contributed by atoms with Gasteiger partial charge in [-0.25, -0.2) is 0 Å². The second kappa shape index (κ2) is 10.2. The first kappa shape index (κ1) is 27.5. The first-order chi connectivity index (χ1) is 23.6. The SMILES string of the molecule is CC1(C)c2ccccc2-c2c(N(c3ccc(-n4c5ccccc5c5ccccc54)cc3)c3ccc4c(c3)sc3ccccc34)cccc21. The maximum atomic E-state index is 2.47. The Hall–Kier alpha value is -5.64. The molecule has 2 heterocycles. The fourth-order valence-corrected chi connectivity index (χ4v) is 9.29. The standard InChI is InChI=1S/C45H32N2S/c1-45(2)37-16-7-3-15-36(37)44-38(45)17-11-20-41(44)46(31-26-27-35-34-14-6-10-21-42(34)48-43(35)28-31)29-22-24-30(25-23-29)47-39-18-8-4-12-32(39)33-13-5-9-19-40(33)47/h3-28H,1-2H3. The average molecular weight is 633 g/mol. The molecule has 3 heteroatoms. The van der Waals surface area contributed by atoms with E-state index in [1.54, 1.807) is 0 Å². The number of thiophene rings is 1. The van der Waals surface area contributed by atoms with Crippen molar-refractivity contribution >= 4 is 70.4 Å². The van der Waals surface area contributed by atoms with Crippen molar-refractivity contribution in [3.05, 3.63) is 169 Å². The van der Waals surface area contributed by atoms with E-state index >= 15 is 0 Å². The molecule has 0 saturated heterocycles. The lowest BCUT2D eigenvalue weighted by Crippen LogP contribution is -2.16. The number of aromatic nitrogens is 1. The van der Waals surface area contributed by atoms with Crippen molar-refractivity contribution in [2.75, 3.05) is 4.90 Å². The monoisotopic (exact) mass is 632 g/mol. The highest BCUT2D eigenvalue weighted by Gasteiger charge is 2.37. The summed E-state index contributed by atoms with van der Waals surface area (Å²) in [6.45, 7) is 4.71. The van der Waals surface area contributed by atoms with Crippen LogP contribution in [0.25, 0.3) is 58.8 Å². The molecule has 1 aliphatic carbocycles. The van der Waals surface area contributed by atoms with Crippen LogP contribution in [0.4, 0.5) is 17.1 Å². The van der Waals surface area contributed by atoms with Gasteiger partial charge in [-0.3, -0.25) is 0 Å². The van der Waals surface area contributed by atoms with Gasteiger partial charge in [0.2, 0.25) is 0 Å². The zero-order valence-electron chi connectivity index (χ0n) is 26.8. The molecule has 9 aromatic rings. The molecule has 0 unspecified atom stereocenters. The van der Waals surface area contributed by atoms with Gasteiger partial charge in [-0.2, -0.15) is 0 Å². The van der Waals surface area contributed by atoms with Crippen molar-refractivity contribution in [3.8, 4) is 16.8 Å². The third-order valence-electron chi connectivity index (χ3n) is 10.4. The predicted molar refractivity (Wildman–Crippen MR) is 206 cm³/mol. The van der Waals surface area contributed by atoms with Gasteiger partial charge in [0, 0.05) is 59.0 Å². The molecule has 0 amide bonds.